The van der Waals surface area contributed by atoms with E-state index >= 15 is 0 Å². The summed E-state index contributed by atoms with van der Waals surface area (Å²) in [5.41, 5.74) is 0.546. The van der Waals surface area contributed by atoms with E-state index in [9.17, 15) is 0 Å². The fraction of sp³-hybridized carbons (Fsp3) is 1.00. The van der Waals surface area contributed by atoms with E-state index in [1.54, 1.807) is 0 Å². The van der Waals surface area contributed by atoms with Gasteiger partial charge in [-0.25, -0.2) is 0 Å². The summed E-state index contributed by atoms with van der Waals surface area (Å²) in [6, 6.07) is 0. The summed E-state index contributed by atoms with van der Waals surface area (Å²) in [4.78, 5) is 2.71. The molecular formula is C13H26N2. The zero-order chi connectivity index (χ0) is 10.7. The third kappa shape index (κ3) is 3.46. The maximum absolute atomic E-state index is 3.50. The molecule has 1 heterocycles. The van der Waals surface area contributed by atoms with Crippen molar-refractivity contribution >= 4 is 0 Å². The zero-order valence-corrected chi connectivity index (χ0v) is 10.4. The molecule has 15 heavy (non-hydrogen) atoms. The van der Waals surface area contributed by atoms with E-state index in [0.717, 1.165) is 5.92 Å². The van der Waals surface area contributed by atoms with Crippen LogP contribution in [0.1, 0.15) is 39.5 Å². The van der Waals surface area contributed by atoms with Gasteiger partial charge >= 0.3 is 0 Å². The zero-order valence-electron chi connectivity index (χ0n) is 10.4. The standard InChI is InChI=1S/C13H26N2/c1-3-8-15(9-12-4-5-12)11-13(2)6-7-14-10-13/h12,14H,3-11H2,1-2H3. The van der Waals surface area contributed by atoms with Gasteiger partial charge in [-0.2, -0.15) is 0 Å². The predicted octanol–water partition coefficient (Wildman–Crippen LogP) is 2.11. The minimum absolute atomic E-state index is 0.546. The Kier molecular flexibility index (Phi) is 3.68. The van der Waals surface area contributed by atoms with Crippen LogP contribution in [0.25, 0.3) is 0 Å². The Morgan fingerprint density at radius 3 is 2.73 bits per heavy atom. The Bertz CT molecular complexity index is 193. The highest BCUT2D eigenvalue weighted by molar-refractivity contribution is 4.88. The van der Waals surface area contributed by atoms with Gasteiger partial charge in [0.25, 0.3) is 0 Å². The van der Waals surface area contributed by atoms with Crippen molar-refractivity contribution in [2.45, 2.75) is 39.5 Å². The summed E-state index contributed by atoms with van der Waals surface area (Å²) >= 11 is 0. The summed E-state index contributed by atoms with van der Waals surface area (Å²) in [6.07, 6.45) is 5.62. The lowest BCUT2D eigenvalue weighted by Gasteiger charge is -2.31. The Balaban J connectivity index is 1.80. The van der Waals surface area contributed by atoms with Gasteiger partial charge in [-0.15, -0.1) is 0 Å². The molecule has 1 unspecified atom stereocenters. The Hall–Kier alpha value is -0.0800. The second kappa shape index (κ2) is 4.84. The van der Waals surface area contributed by atoms with Crippen molar-refractivity contribution in [1.29, 1.82) is 0 Å². The van der Waals surface area contributed by atoms with Gasteiger partial charge in [0.15, 0.2) is 0 Å². The first-order valence-electron chi connectivity index (χ1n) is 6.65. The van der Waals surface area contributed by atoms with Crippen molar-refractivity contribution in [2.75, 3.05) is 32.7 Å². The van der Waals surface area contributed by atoms with Gasteiger partial charge in [-0.1, -0.05) is 13.8 Å². The molecule has 2 aliphatic rings. The van der Waals surface area contributed by atoms with Gasteiger partial charge in [0, 0.05) is 19.6 Å². The van der Waals surface area contributed by atoms with Gasteiger partial charge in [0.1, 0.15) is 0 Å². The quantitative estimate of drug-likeness (QED) is 0.722. The molecule has 0 amide bonds. The monoisotopic (exact) mass is 210 g/mol. The van der Waals surface area contributed by atoms with Crippen molar-refractivity contribution < 1.29 is 0 Å². The first-order valence-corrected chi connectivity index (χ1v) is 6.65. The fourth-order valence-corrected chi connectivity index (χ4v) is 2.76. The van der Waals surface area contributed by atoms with E-state index in [0.29, 0.717) is 5.41 Å². The number of nitrogens with zero attached hydrogens (tertiary/aromatic N) is 1. The van der Waals surface area contributed by atoms with Gasteiger partial charge < -0.3 is 10.2 Å². The van der Waals surface area contributed by atoms with Gasteiger partial charge in [-0.05, 0) is 50.1 Å². The molecule has 1 saturated carbocycles. The third-order valence-corrected chi connectivity index (χ3v) is 3.82. The number of hydrogen-bond donors (Lipinski definition) is 1. The predicted molar refractivity (Wildman–Crippen MR) is 65.0 cm³/mol. The average molecular weight is 210 g/mol. The molecule has 2 rings (SSSR count). The van der Waals surface area contributed by atoms with Crippen molar-refractivity contribution in [3.8, 4) is 0 Å². The van der Waals surface area contributed by atoms with E-state index in [1.807, 2.05) is 0 Å². The lowest BCUT2D eigenvalue weighted by atomic mass is 9.89. The van der Waals surface area contributed by atoms with Crippen LogP contribution >= 0.6 is 0 Å². The average Bonchev–Trinajstić information content (AvgIpc) is 2.89. The molecule has 0 bridgehead atoms. The van der Waals surface area contributed by atoms with Crippen LogP contribution in [-0.2, 0) is 0 Å². The number of nitrogens with one attached hydrogen (secondary N) is 1. The van der Waals surface area contributed by atoms with Crippen LogP contribution < -0.4 is 5.32 Å². The summed E-state index contributed by atoms with van der Waals surface area (Å²) in [5, 5.41) is 3.50. The highest BCUT2D eigenvalue weighted by Crippen LogP contribution is 2.32. The van der Waals surface area contributed by atoms with E-state index in [1.165, 1.54) is 58.4 Å². The van der Waals surface area contributed by atoms with Crippen molar-refractivity contribution in [3.63, 3.8) is 0 Å². The lowest BCUT2D eigenvalue weighted by Crippen LogP contribution is -2.38. The molecule has 0 aromatic carbocycles. The van der Waals surface area contributed by atoms with Gasteiger partial charge in [0.2, 0.25) is 0 Å². The van der Waals surface area contributed by atoms with E-state index in [4.69, 9.17) is 0 Å². The fourth-order valence-electron chi connectivity index (χ4n) is 2.76. The van der Waals surface area contributed by atoms with Crippen molar-refractivity contribution in [2.24, 2.45) is 11.3 Å². The number of hydrogen-bond acceptors (Lipinski definition) is 2. The molecule has 0 radical (unpaired) electrons. The van der Waals surface area contributed by atoms with Gasteiger partial charge in [0.05, 0.1) is 0 Å². The van der Waals surface area contributed by atoms with Crippen LogP contribution in [0.2, 0.25) is 0 Å². The maximum atomic E-state index is 3.50. The second-order valence-electron chi connectivity index (χ2n) is 5.92. The van der Waals surface area contributed by atoms with Crippen molar-refractivity contribution in [1.82, 2.24) is 10.2 Å². The largest absolute Gasteiger partial charge is 0.316 e. The normalized spacial score (nSPS) is 31.4. The molecule has 1 atom stereocenters. The molecule has 1 saturated heterocycles. The summed E-state index contributed by atoms with van der Waals surface area (Å²) in [7, 11) is 0. The molecule has 0 aromatic heterocycles. The van der Waals surface area contributed by atoms with E-state index < -0.39 is 0 Å². The van der Waals surface area contributed by atoms with Crippen LogP contribution in [0.3, 0.4) is 0 Å². The van der Waals surface area contributed by atoms with E-state index in [2.05, 4.69) is 24.1 Å². The molecule has 2 fully saturated rings. The van der Waals surface area contributed by atoms with Crippen LogP contribution in [0, 0.1) is 11.3 Å². The second-order valence-corrected chi connectivity index (χ2v) is 5.92. The van der Waals surface area contributed by atoms with E-state index in [-0.39, 0.29) is 0 Å². The third-order valence-electron chi connectivity index (χ3n) is 3.82. The summed E-state index contributed by atoms with van der Waals surface area (Å²) in [6.45, 7) is 11.2. The summed E-state index contributed by atoms with van der Waals surface area (Å²) < 4.78 is 0. The highest BCUT2D eigenvalue weighted by atomic mass is 15.1. The Morgan fingerprint density at radius 2 is 2.20 bits per heavy atom. The summed E-state index contributed by atoms with van der Waals surface area (Å²) in [5.74, 6) is 1.04. The number of rotatable bonds is 6. The van der Waals surface area contributed by atoms with Gasteiger partial charge in [-0.3, -0.25) is 0 Å². The molecule has 1 N–H and O–H groups in total. The molecule has 1 aliphatic heterocycles. The SMILES string of the molecule is CCCN(CC1CC1)CC1(C)CCNC1. The van der Waals surface area contributed by atoms with Crippen LogP contribution in [0.4, 0.5) is 0 Å². The minimum Gasteiger partial charge on any atom is -0.316 e. The topological polar surface area (TPSA) is 15.3 Å². The smallest absolute Gasteiger partial charge is 0.00481 e. The first-order chi connectivity index (χ1) is 7.22. The Morgan fingerprint density at radius 1 is 1.40 bits per heavy atom. The highest BCUT2D eigenvalue weighted by Gasteiger charge is 2.32. The maximum Gasteiger partial charge on any atom is 0.00481 e. The molecule has 88 valence electrons. The molecule has 1 aliphatic carbocycles. The van der Waals surface area contributed by atoms with Crippen molar-refractivity contribution in [3.05, 3.63) is 0 Å². The van der Waals surface area contributed by atoms with Crippen LogP contribution in [0.15, 0.2) is 0 Å². The Labute approximate surface area is 94.4 Å². The molecular weight excluding hydrogens is 184 g/mol. The van der Waals surface area contributed by atoms with Crippen LogP contribution in [0.5, 0.6) is 0 Å². The first kappa shape index (κ1) is 11.4. The lowest BCUT2D eigenvalue weighted by molar-refractivity contribution is 0.171. The minimum atomic E-state index is 0.546. The molecule has 0 aromatic rings. The molecule has 2 heteroatoms. The van der Waals surface area contributed by atoms with Crippen LogP contribution in [-0.4, -0.2) is 37.6 Å². The molecule has 0 spiro atoms. The molecule has 2 nitrogen and oxygen atoms in total.